The molecular weight excluding hydrogens is 286 g/mol. The predicted molar refractivity (Wildman–Crippen MR) is 56.2 cm³/mol. The summed E-state index contributed by atoms with van der Waals surface area (Å²) >= 11 is 2.98. The van der Waals surface area contributed by atoms with Gasteiger partial charge in [-0.05, 0) is 35.0 Å². The summed E-state index contributed by atoms with van der Waals surface area (Å²) in [5, 5.41) is 0. The molecule has 0 heterocycles. The maximum atomic E-state index is 12.1. The molecule has 0 fully saturated rings. The van der Waals surface area contributed by atoms with Gasteiger partial charge in [-0.3, -0.25) is 9.59 Å². The quantitative estimate of drug-likeness (QED) is 0.633. The fraction of sp³-hybridized carbons (Fsp3) is 0.200. The molecule has 1 rings (SSSR count). The lowest BCUT2D eigenvalue weighted by Gasteiger charge is -2.12. The zero-order valence-electron chi connectivity index (χ0n) is 8.17. The molecule has 0 saturated carbocycles. The summed E-state index contributed by atoms with van der Waals surface area (Å²) in [4.78, 5) is 21.9. The molecule has 6 heteroatoms. The van der Waals surface area contributed by atoms with Gasteiger partial charge in [-0.15, -0.1) is 0 Å². The lowest BCUT2D eigenvalue weighted by Crippen LogP contribution is -2.09. The van der Waals surface area contributed by atoms with Crippen LogP contribution in [0.3, 0.4) is 0 Å². The Kier molecular flexibility index (Phi) is 4.12. The van der Waals surface area contributed by atoms with E-state index in [2.05, 4.69) is 20.7 Å². The first-order valence-corrected chi connectivity index (χ1v) is 5.00. The number of ether oxygens (including phenoxy) is 1. The largest absolute Gasteiger partial charge is 0.433 e. The second kappa shape index (κ2) is 5.16. The second-order valence-electron chi connectivity index (χ2n) is 2.89. The average Bonchev–Trinajstić information content (AvgIpc) is 2.19. The molecule has 0 aliphatic rings. The predicted octanol–water partition coefficient (Wildman–Crippen LogP) is 3.07. The molecule has 0 aliphatic heterocycles. The second-order valence-corrected chi connectivity index (χ2v) is 3.75. The van der Waals surface area contributed by atoms with Crippen LogP contribution >= 0.6 is 15.9 Å². The Morgan fingerprint density at radius 3 is 2.56 bits per heavy atom. The van der Waals surface area contributed by atoms with Crippen molar-refractivity contribution in [2.45, 2.75) is 13.5 Å². The van der Waals surface area contributed by atoms with E-state index >= 15 is 0 Å². The summed E-state index contributed by atoms with van der Waals surface area (Å²) < 4.78 is 28.7. The minimum Gasteiger partial charge on any atom is -0.433 e. The van der Waals surface area contributed by atoms with E-state index in [1.54, 1.807) is 0 Å². The third-order valence-electron chi connectivity index (χ3n) is 1.83. The minimum absolute atomic E-state index is 0.0198. The summed E-state index contributed by atoms with van der Waals surface area (Å²) in [5.41, 5.74) is -0.129. The Morgan fingerprint density at radius 2 is 2.12 bits per heavy atom. The van der Waals surface area contributed by atoms with Crippen LogP contribution in [0.2, 0.25) is 0 Å². The molecular formula is C10H7BrF2O3. The summed E-state index contributed by atoms with van der Waals surface area (Å²) in [6.45, 7) is -1.89. The molecule has 0 aromatic heterocycles. The summed E-state index contributed by atoms with van der Waals surface area (Å²) in [7, 11) is 0. The van der Waals surface area contributed by atoms with Gasteiger partial charge in [0.25, 0.3) is 0 Å². The first kappa shape index (κ1) is 12.8. The zero-order chi connectivity index (χ0) is 12.3. The molecule has 16 heavy (non-hydrogen) atoms. The highest BCUT2D eigenvalue weighted by atomic mass is 79.9. The third-order valence-corrected chi connectivity index (χ3v) is 2.45. The van der Waals surface area contributed by atoms with Gasteiger partial charge in [-0.2, -0.15) is 8.78 Å². The molecule has 0 bridgehead atoms. The number of Topliss-reactive ketones (excluding diaryl/α,β-unsaturated/α-hetero) is 1. The molecule has 1 aromatic carbocycles. The number of halogens is 3. The minimum atomic E-state index is -3.06. The molecule has 0 N–H and O–H groups in total. The molecule has 86 valence electrons. The van der Waals surface area contributed by atoms with Gasteiger partial charge >= 0.3 is 6.61 Å². The lowest BCUT2D eigenvalue weighted by molar-refractivity contribution is -0.0506. The van der Waals surface area contributed by atoms with Crippen LogP contribution in [0.25, 0.3) is 0 Å². The molecule has 0 atom stereocenters. The maximum absolute atomic E-state index is 12.1. The standard InChI is InChI=1S/C10H7BrF2O3/c1-5(15)8-6(4-14)2-3-7(11)9(8)16-10(12)13/h2-4,10H,1H3. The van der Waals surface area contributed by atoms with Crippen molar-refractivity contribution in [3.63, 3.8) is 0 Å². The number of ketones is 1. The van der Waals surface area contributed by atoms with E-state index in [1.165, 1.54) is 19.1 Å². The van der Waals surface area contributed by atoms with Crippen molar-refractivity contribution in [3.05, 3.63) is 27.7 Å². The van der Waals surface area contributed by atoms with E-state index in [9.17, 15) is 18.4 Å². The molecule has 0 saturated heterocycles. The Bertz CT molecular complexity index is 432. The van der Waals surface area contributed by atoms with E-state index in [0.29, 0.717) is 6.29 Å². The summed E-state index contributed by atoms with van der Waals surface area (Å²) in [5.74, 6) is -0.828. The van der Waals surface area contributed by atoms with Gasteiger partial charge in [0.15, 0.2) is 17.8 Å². The molecule has 0 amide bonds. The lowest BCUT2D eigenvalue weighted by atomic mass is 10.0. The van der Waals surface area contributed by atoms with Gasteiger partial charge < -0.3 is 4.74 Å². The van der Waals surface area contributed by atoms with Crippen LogP contribution in [-0.2, 0) is 0 Å². The molecule has 1 aromatic rings. The van der Waals surface area contributed by atoms with Crippen molar-refractivity contribution in [1.29, 1.82) is 0 Å². The van der Waals surface area contributed by atoms with E-state index in [1.807, 2.05) is 0 Å². The average molecular weight is 293 g/mol. The van der Waals surface area contributed by atoms with Crippen LogP contribution in [0.4, 0.5) is 8.78 Å². The number of carbonyl (C=O) groups excluding carboxylic acids is 2. The van der Waals surface area contributed by atoms with Crippen molar-refractivity contribution in [3.8, 4) is 5.75 Å². The van der Waals surface area contributed by atoms with Crippen LogP contribution in [-0.4, -0.2) is 18.7 Å². The van der Waals surface area contributed by atoms with Crippen molar-refractivity contribution in [1.82, 2.24) is 0 Å². The molecule has 0 radical (unpaired) electrons. The monoisotopic (exact) mass is 292 g/mol. The SMILES string of the molecule is CC(=O)c1c(C=O)ccc(Br)c1OC(F)F. The number of alkyl halides is 2. The number of rotatable bonds is 4. The summed E-state index contributed by atoms with van der Waals surface area (Å²) in [6.07, 6.45) is 0.418. The third kappa shape index (κ3) is 2.63. The van der Waals surface area contributed by atoms with Crippen molar-refractivity contribution < 1.29 is 23.1 Å². The van der Waals surface area contributed by atoms with Crippen molar-refractivity contribution in [2.75, 3.05) is 0 Å². The Hall–Kier alpha value is -1.30. The first-order chi connectivity index (χ1) is 7.47. The Balaban J connectivity index is 3.41. The highest BCUT2D eigenvalue weighted by Crippen LogP contribution is 2.32. The highest BCUT2D eigenvalue weighted by molar-refractivity contribution is 9.10. The molecule has 0 spiro atoms. The van der Waals surface area contributed by atoms with Gasteiger partial charge in [0.2, 0.25) is 0 Å². The van der Waals surface area contributed by atoms with Crippen LogP contribution < -0.4 is 4.74 Å². The fourth-order valence-corrected chi connectivity index (χ4v) is 1.66. The molecule has 3 nitrogen and oxygen atoms in total. The topological polar surface area (TPSA) is 43.4 Å². The van der Waals surface area contributed by atoms with Gasteiger partial charge in [0.05, 0.1) is 10.0 Å². The van der Waals surface area contributed by atoms with E-state index < -0.39 is 12.4 Å². The van der Waals surface area contributed by atoms with Crippen molar-refractivity contribution in [2.24, 2.45) is 0 Å². The van der Waals surface area contributed by atoms with Gasteiger partial charge in [-0.1, -0.05) is 0 Å². The van der Waals surface area contributed by atoms with Crippen LogP contribution in [0.5, 0.6) is 5.75 Å². The zero-order valence-corrected chi connectivity index (χ0v) is 9.75. The fourth-order valence-electron chi connectivity index (χ4n) is 1.24. The molecule has 0 unspecified atom stereocenters. The van der Waals surface area contributed by atoms with Crippen LogP contribution in [0.15, 0.2) is 16.6 Å². The van der Waals surface area contributed by atoms with E-state index in [0.717, 1.165) is 0 Å². The van der Waals surface area contributed by atoms with Gasteiger partial charge in [0, 0.05) is 5.56 Å². The maximum Gasteiger partial charge on any atom is 0.387 e. The van der Waals surface area contributed by atoms with Gasteiger partial charge in [-0.25, -0.2) is 0 Å². The highest BCUT2D eigenvalue weighted by Gasteiger charge is 2.19. The Labute approximate surface area is 98.5 Å². The van der Waals surface area contributed by atoms with Gasteiger partial charge in [0.1, 0.15) is 0 Å². The number of hydrogen-bond acceptors (Lipinski definition) is 3. The normalized spacial score (nSPS) is 10.3. The Morgan fingerprint density at radius 1 is 1.50 bits per heavy atom. The van der Waals surface area contributed by atoms with E-state index in [-0.39, 0.29) is 21.3 Å². The van der Waals surface area contributed by atoms with Crippen molar-refractivity contribution >= 4 is 28.0 Å². The first-order valence-electron chi connectivity index (χ1n) is 4.20. The van der Waals surface area contributed by atoms with E-state index in [4.69, 9.17) is 0 Å². The smallest absolute Gasteiger partial charge is 0.387 e. The summed E-state index contributed by atoms with van der Waals surface area (Å²) in [6, 6.07) is 2.72. The van der Waals surface area contributed by atoms with Crippen LogP contribution in [0.1, 0.15) is 27.6 Å². The molecule has 0 aliphatic carbocycles. The van der Waals surface area contributed by atoms with Crippen LogP contribution in [0, 0.1) is 0 Å². The number of carbonyl (C=O) groups is 2. The number of aldehydes is 1. The number of hydrogen-bond donors (Lipinski definition) is 0. The number of benzene rings is 1.